The van der Waals surface area contributed by atoms with E-state index in [1.165, 1.54) is 0 Å². The first-order chi connectivity index (χ1) is 9.45. The Labute approximate surface area is 132 Å². The summed E-state index contributed by atoms with van der Waals surface area (Å²) in [6, 6.07) is 5.05. The van der Waals surface area contributed by atoms with Gasteiger partial charge in [0.15, 0.2) is 0 Å². The van der Waals surface area contributed by atoms with Crippen molar-refractivity contribution in [1.29, 1.82) is 0 Å². The Balaban J connectivity index is 2.55. The van der Waals surface area contributed by atoms with Gasteiger partial charge in [0.2, 0.25) is 0 Å². The third kappa shape index (κ3) is 2.95. The van der Waals surface area contributed by atoms with E-state index in [1.807, 2.05) is 24.6 Å². The molecule has 0 radical (unpaired) electrons. The predicted octanol–water partition coefficient (Wildman–Crippen LogP) is 3.98. The second-order valence-corrected chi connectivity index (χ2v) is 5.93. The Morgan fingerprint density at radius 2 is 1.90 bits per heavy atom. The van der Waals surface area contributed by atoms with Crippen molar-refractivity contribution in [2.45, 2.75) is 25.9 Å². The number of nitrogens with one attached hydrogen (secondary N) is 1. The average Bonchev–Trinajstić information content (AvgIpc) is 2.75. The molecule has 1 unspecified atom stereocenters. The van der Waals surface area contributed by atoms with Gasteiger partial charge >= 0.3 is 0 Å². The average molecular weight is 334 g/mol. The zero-order valence-electron chi connectivity index (χ0n) is 11.1. The van der Waals surface area contributed by atoms with Crippen LogP contribution in [0.1, 0.15) is 37.2 Å². The van der Waals surface area contributed by atoms with Gasteiger partial charge in [0.05, 0.1) is 23.0 Å². The molecule has 108 valence electrons. The number of rotatable bonds is 4. The Hall–Kier alpha value is -0.780. The lowest BCUT2D eigenvalue weighted by atomic mass is 10.0. The van der Waals surface area contributed by atoms with Crippen molar-refractivity contribution in [2.75, 3.05) is 0 Å². The molecule has 4 nitrogen and oxygen atoms in total. The van der Waals surface area contributed by atoms with Crippen molar-refractivity contribution in [3.8, 4) is 0 Å². The van der Waals surface area contributed by atoms with Gasteiger partial charge in [-0.25, -0.2) is 5.43 Å². The summed E-state index contributed by atoms with van der Waals surface area (Å²) >= 11 is 18.4. The molecule has 0 saturated carbocycles. The van der Waals surface area contributed by atoms with Gasteiger partial charge in [0.1, 0.15) is 0 Å². The quantitative estimate of drug-likeness (QED) is 0.657. The van der Waals surface area contributed by atoms with Gasteiger partial charge in [0, 0.05) is 16.1 Å². The number of nitrogens with zero attached hydrogens (tertiary/aromatic N) is 2. The molecule has 0 saturated heterocycles. The highest BCUT2D eigenvalue weighted by atomic mass is 35.5. The maximum Gasteiger partial charge on any atom is 0.0907 e. The molecule has 0 aliphatic carbocycles. The van der Waals surface area contributed by atoms with Crippen LogP contribution in [0.5, 0.6) is 0 Å². The highest BCUT2D eigenvalue weighted by Crippen LogP contribution is 2.34. The molecular weight excluding hydrogens is 319 g/mol. The lowest BCUT2D eigenvalue weighted by Crippen LogP contribution is -2.31. The summed E-state index contributed by atoms with van der Waals surface area (Å²) < 4.78 is 1.82. The summed E-state index contributed by atoms with van der Waals surface area (Å²) in [5.41, 5.74) is 4.31. The van der Waals surface area contributed by atoms with E-state index in [2.05, 4.69) is 10.5 Å². The van der Waals surface area contributed by atoms with Crippen LogP contribution >= 0.6 is 34.8 Å². The molecule has 0 spiro atoms. The Morgan fingerprint density at radius 3 is 2.45 bits per heavy atom. The summed E-state index contributed by atoms with van der Waals surface area (Å²) in [7, 11) is 0. The highest BCUT2D eigenvalue weighted by Gasteiger charge is 2.24. The number of hydrogen-bond acceptors (Lipinski definition) is 3. The van der Waals surface area contributed by atoms with Crippen molar-refractivity contribution < 1.29 is 0 Å². The predicted molar refractivity (Wildman–Crippen MR) is 83.3 cm³/mol. The van der Waals surface area contributed by atoms with Gasteiger partial charge in [0.25, 0.3) is 0 Å². The fourth-order valence-corrected chi connectivity index (χ4v) is 2.84. The van der Waals surface area contributed by atoms with E-state index in [-0.39, 0.29) is 12.1 Å². The molecule has 0 bridgehead atoms. The number of hydrazine groups is 1. The number of benzene rings is 1. The fraction of sp³-hybridized carbons (Fsp3) is 0.308. The molecule has 3 N–H and O–H groups in total. The number of hydrogen-bond donors (Lipinski definition) is 2. The summed E-state index contributed by atoms with van der Waals surface area (Å²) in [4.78, 5) is 0. The van der Waals surface area contributed by atoms with E-state index in [9.17, 15) is 0 Å². The van der Waals surface area contributed by atoms with Gasteiger partial charge in [-0.1, -0.05) is 40.9 Å². The van der Waals surface area contributed by atoms with E-state index in [0.29, 0.717) is 15.1 Å². The van der Waals surface area contributed by atoms with Crippen molar-refractivity contribution in [3.63, 3.8) is 0 Å². The molecule has 1 aromatic heterocycles. The number of nitrogens with two attached hydrogens (primary N) is 1. The summed E-state index contributed by atoms with van der Waals surface area (Å²) in [6.45, 7) is 4.04. The first-order valence-electron chi connectivity index (χ1n) is 6.09. The van der Waals surface area contributed by atoms with Crippen LogP contribution in [0.25, 0.3) is 0 Å². The molecule has 0 amide bonds. The lowest BCUT2D eigenvalue weighted by molar-refractivity contribution is 0.476. The minimum atomic E-state index is -0.364. The maximum atomic E-state index is 6.25. The standard InChI is InChI=1S/C13H15Cl3N4/c1-7(2)20-13(11(16)6-18-20)12(19-17)9-4-3-8(14)5-10(9)15/h3-7,12,19H,17H2,1-2H3. The fourth-order valence-electron chi connectivity index (χ4n) is 2.08. The topological polar surface area (TPSA) is 55.9 Å². The third-order valence-electron chi connectivity index (χ3n) is 2.99. The Bertz CT molecular complexity index is 610. The molecule has 0 aliphatic heterocycles. The normalized spacial score (nSPS) is 12.9. The molecule has 2 rings (SSSR count). The molecule has 1 aromatic carbocycles. The molecule has 2 aromatic rings. The smallest absolute Gasteiger partial charge is 0.0907 e. The van der Waals surface area contributed by atoms with Crippen LogP contribution in [0.4, 0.5) is 0 Å². The van der Waals surface area contributed by atoms with E-state index >= 15 is 0 Å². The molecule has 0 fully saturated rings. The molecule has 20 heavy (non-hydrogen) atoms. The molecule has 0 aliphatic rings. The largest absolute Gasteiger partial charge is 0.271 e. The molecule has 1 atom stereocenters. The third-order valence-corrected chi connectivity index (χ3v) is 3.84. The van der Waals surface area contributed by atoms with Crippen LogP contribution in [0.2, 0.25) is 15.1 Å². The Kier molecular flexibility index (Phi) is 4.94. The van der Waals surface area contributed by atoms with Crippen molar-refractivity contribution >= 4 is 34.8 Å². The van der Waals surface area contributed by atoms with Gasteiger partial charge in [-0.05, 0) is 31.5 Å². The van der Waals surface area contributed by atoms with Crippen LogP contribution in [-0.4, -0.2) is 9.78 Å². The molecule has 7 heteroatoms. The molecule has 1 heterocycles. The van der Waals surface area contributed by atoms with Crippen LogP contribution < -0.4 is 11.3 Å². The lowest BCUT2D eigenvalue weighted by Gasteiger charge is -2.21. The molecular formula is C13H15Cl3N4. The summed E-state index contributed by atoms with van der Waals surface area (Å²) in [5, 5.41) is 5.90. The van der Waals surface area contributed by atoms with Crippen molar-refractivity contribution in [1.82, 2.24) is 15.2 Å². The summed E-state index contributed by atoms with van der Waals surface area (Å²) in [6.07, 6.45) is 1.60. The summed E-state index contributed by atoms with van der Waals surface area (Å²) in [5.74, 6) is 5.70. The number of halogens is 3. The monoisotopic (exact) mass is 332 g/mol. The highest BCUT2D eigenvalue weighted by molar-refractivity contribution is 6.35. The van der Waals surface area contributed by atoms with E-state index in [1.54, 1.807) is 18.3 Å². The van der Waals surface area contributed by atoms with Crippen LogP contribution in [0, 0.1) is 0 Å². The van der Waals surface area contributed by atoms with Crippen LogP contribution in [-0.2, 0) is 0 Å². The zero-order valence-corrected chi connectivity index (χ0v) is 13.3. The second-order valence-electron chi connectivity index (χ2n) is 4.68. The van der Waals surface area contributed by atoms with E-state index in [4.69, 9.17) is 40.6 Å². The van der Waals surface area contributed by atoms with E-state index < -0.39 is 0 Å². The van der Waals surface area contributed by atoms with Gasteiger partial charge in [-0.15, -0.1) is 0 Å². The van der Waals surface area contributed by atoms with Gasteiger partial charge in [-0.2, -0.15) is 5.10 Å². The van der Waals surface area contributed by atoms with Gasteiger partial charge in [-0.3, -0.25) is 10.5 Å². The first kappa shape index (κ1) is 15.6. The Morgan fingerprint density at radius 1 is 1.20 bits per heavy atom. The van der Waals surface area contributed by atoms with Crippen LogP contribution in [0.15, 0.2) is 24.4 Å². The van der Waals surface area contributed by atoms with Crippen molar-refractivity contribution in [2.24, 2.45) is 5.84 Å². The zero-order chi connectivity index (χ0) is 14.9. The minimum absolute atomic E-state index is 0.152. The SMILES string of the molecule is CC(C)n1ncc(Cl)c1C(NN)c1ccc(Cl)cc1Cl. The van der Waals surface area contributed by atoms with Gasteiger partial charge < -0.3 is 0 Å². The van der Waals surface area contributed by atoms with Crippen LogP contribution in [0.3, 0.4) is 0 Å². The van der Waals surface area contributed by atoms with Crippen molar-refractivity contribution in [3.05, 3.63) is 50.7 Å². The maximum absolute atomic E-state index is 6.25. The first-order valence-corrected chi connectivity index (χ1v) is 7.23. The second kappa shape index (κ2) is 6.33. The van der Waals surface area contributed by atoms with E-state index in [0.717, 1.165) is 11.3 Å². The minimum Gasteiger partial charge on any atom is -0.271 e. The number of aromatic nitrogens is 2.